The van der Waals surface area contributed by atoms with Gasteiger partial charge in [0.05, 0.1) is 0 Å². The van der Waals surface area contributed by atoms with Gasteiger partial charge >= 0.3 is 0 Å². The van der Waals surface area contributed by atoms with E-state index in [9.17, 15) is 0 Å². The van der Waals surface area contributed by atoms with Crippen molar-refractivity contribution in [2.75, 3.05) is 0 Å². The lowest BCUT2D eigenvalue weighted by atomic mass is 9.69. The molecule has 0 heteroatoms. The maximum atomic E-state index is 3.66. The Morgan fingerprint density at radius 3 is 2.59 bits per heavy atom. The second kappa shape index (κ2) is 4.65. The predicted molar refractivity (Wildman–Crippen MR) is 75.0 cm³/mol. The highest BCUT2D eigenvalue weighted by Gasteiger charge is 2.58. The van der Waals surface area contributed by atoms with E-state index in [1.807, 2.05) is 0 Å². The third-order valence-corrected chi connectivity index (χ3v) is 5.78. The van der Waals surface area contributed by atoms with Crippen LogP contribution in [-0.4, -0.2) is 0 Å². The van der Waals surface area contributed by atoms with Gasteiger partial charge in [-0.3, -0.25) is 0 Å². The predicted octanol–water partition coefficient (Wildman–Crippen LogP) is 5.49. The van der Waals surface area contributed by atoms with Gasteiger partial charge in [0.2, 0.25) is 0 Å². The Kier molecular flexibility index (Phi) is 3.55. The van der Waals surface area contributed by atoms with Gasteiger partial charge in [0.1, 0.15) is 0 Å². The fraction of sp³-hybridized carbons (Fsp3) is 0.824. The number of rotatable bonds is 4. The van der Waals surface area contributed by atoms with Crippen LogP contribution in [0.4, 0.5) is 0 Å². The molecule has 2 atom stereocenters. The van der Waals surface area contributed by atoms with Gasteiger partial charge in [-0.15, -0.1) is 5.73 Å². The molecule has 0 N–H and O–H groups in total. The van der Waals surface area contributed by atoms with Crippen molar-refractivity contribution >= 4 is 0 Å². The summed E-state index contributed by atoms with van der Waals surface area (Å²) >= 11 is 0. The van der Waals surface area contributed by atoms with Crippen LogP contribution in [0.2, 0.25) is 0 Å². The van der Waals surface area contributed by atoms with Gasteiger partial charge in [-0.1, -0.05) is 40.5 Å². The van der Waals surface area contributed by atoms with Crippen LogP contribution < -0.4 is 0 Å². The quantitative estimate of drug-likeness (QED) is 0.444. The van der Waals surface area contributed by atoms with Gasteiger partial charge in [0.15, 0.2) is 0 Å². The summed E-state index contributed by atoms with van der Waals surface area (Å²) in [6.45, 7) is 9.68. The summed E-state index contributed by atoms with van der Waals surface area (Å²) in [5.41, 5.74) is 6.23. The van der Waals surface area contributed by atoms with Crippen molar-refractivity contribution in [2.45, 2.75) is 72.6 Å². The summed E-state index contributed by atoms with van der Waals surface area (Å²) in [5.74, 6) is 0.916. The van der Waals surface area contributed by atoms with Crippen molar-refractivity contribution in [1.82, 2.24) is 0 Å². The molecule has 17 heavy (non-hydrogen) atoms. The van der Waals surface area contributed by atoms with Gasteiger partial charge in [-0.2, -0.15) is 0 Å². The van der Waals surface area contributed by atoms with Crippen LogP contribution in [0.1, 0.15) is 72.6 Å². The van der Waals surface area contributed by atoms with Crippen molar-refractivity contribution in [1.29, 1.82) is 0 Å². The van der Waals surface area contributed by atoms with Gasteiger partial charge in [-0.05, 0) is 55.1 Å². The van der Waals surface area contributed by atoms with Crippen molar-refractivity contribution in [3.63, 3.8) is 0 Å². The zero-order valence-electron chi connectivity index (χ0n) is 12.1. The first kappa shape index (κ1) is 13.0. The van der Waals surface area contributed by atoms with E-state index in [1.54, 1.807) is 5.57 Å². The molecular formula is C17H28. The van der Waals surface area contributed by atoms with Crippen molar-refractivity contribution in [3.05, 3.63) is 17.4 Å². The van der Waals surface area contributed by atoms with Crippen LogP contribution in [0.3, 0.4) is 0 Å². The van der Waals surface area contributed by atoms with E-state index >= 15 is 0 Å². The maximum Gasteiger partial charge on any atom is 0.00134 e. The van der Waals surface area contributed by atoms with E-state index in [1.165, 1.54) is 44.9 Å². The van der Waals surface area contributed by atoms with E-state index < -0.39 is 0 Å². The summed E-state index contributed by atoms with van der Waals surface area (Å²) in [6.07, 6.45) is 11.7. The molecule has 2 bridgehead atoms. The molecule has 2 saturated carbocycles. The maximum absolute atomic E-state index is 3.66. The Balaban J connectivity index is 2.07. The summed E-state index contributed by atoms with van der Waals surface area (Å²) in [7, 11) is 0. The molecule has 0 heterocycles. The average Bonchev–Trinajstić information content (AvgIpc) is 2.61. The highest BCUT2D eigenvalue weighted by Crippen LogP contribution is 2.67. The molecule has 0 aliphatic heterocycles. The van der Waals surface area contributed by atoms with E-state index in [0.29, 0.717) is 10.8 Å². The molecule has 2 rings (SSSR count). The molecule has 0 aromatic heterocycles. The first-order chi connectivity index (χ1) is 8.02. The highest BCUT2D eigenvalue weighted by molar-refractivity contribution is 5.28. The summed E-state index contributed by atoms with van der Waals surface area (Å²) in [6, 6.07) is 0. The third-order valence-electron chi connectivity index (χ3n) is 5.78. The van der Waals surface area contributed by atoms with Gasteiger partial charge < -0.3 is 0 Å². The standard InChI is InChI=1S/C17H28/c1-5-6-7-8-9-10-15-13-14-11-12-17(15,4)16(14,2)3/h9,14H,5-8,11-13H2,1-4H3/t10?,14-,17-/m0/s1. The molecule has 0 spiro atoms. The van der Waals surface area contributed by atoms with Crippen molar-refractivity contribution < 1.29 is 0 Å². The molecule has 96 valence electrons. The number of allylic oxidation sites excluding steroid dienone is 1. The molecule has 2 aliphatic carbocycles. The second-order valence-electron chi connectivity index (χ2n) is 6.82. The second-order valence-corrected chi connectivity index (χ2v) is 6.82. The molecule has 0 unspecified atom stereocenters. The van der Waals surface area contributed by atoms with Crippen molar-refractivity contribution in [2.24, 2.45) is 16.7 Å². The van der Waals surface area contributed by atoms with Crippen LogP contribution in [0.15, 0.2) is 17.4 Å². The molecular weight excluding hydrogens is 204 g/mol. The number of unbranched alkanes of at least 4 members (excludes halogenated alkanes) is 3. The Labute approximate surface area is 107 Å². The molecule has 0 aromatic rings. The Morgan fingerprint density at radius 1 is 1.29 bits per heavy atom. The van der Waals surface area contributed by atoms with Crippen molar-refractivity contribution in [3.8, 4) is 0 Å². The fourth-order valence-corrected chi connectivity index (χ4v) is 3.88. The van der Waals surface area contributed by atoms with E-state index in [4.69, 9.17) is 0 Å². The van der Waals surface area contributed by atoms with Crippen LogP contribution in [0.25, 0.3) is 0 Å². The van der Waals surface area contributed by atoms with Crippen LogP contribution >= 0.6 is 0 Å². The lowest BCUT2D eigenvalue weighted by Crippen LogP contribution is -2.27. The molecule has 0 aromatic carbocycles. The summed E-state index contributed by atoms with van der Waals surface area (Å²) < 4.78 is 0. The Hall–Kier alpha value is -0.480. The number of fused-ring (bicyclic) bond motifs is 2. The lowest BCUT2D eigenvalue weighted by Gasteiger charge is -2.34. The smallest absolute Gasteiger partial charge is 0.00134 e. The van der Waals surface area contributed by atoms with Crippen LogP contribution in [0, 0.1) is 16.7 Å². The van der Waals surface area contributed by atoms with E-state index in [-0.39, 0.29) is 0 Å². The normalized spacial score (nSPS) is 33.9. The van der Waals surface area contributed by atoms with E-state index in [0.717, 1.165) is 5.92 Å². The number of hydrogen-bond donors (Lipinski definition) is 0. The zero-order chi connectivity index (χ0) is 12.5. The molecule has 2 aliphatic rings. The SMILES string of the molecule is CCCCCC=C=C1C[C@@H]2CC[C@]1(C)C2(C)C. The zero-order valence-corrected chi connectivity index (χ0v) is 12.1. The Bertz CT molecular complexity index is 341. The first-order valence-electron chi connectivity index (χ1n) is 7.47. The topological polar surface area (TPSA) is 0 Å². The highest BCUT2D eigenvalue weighted by atomic mass is 14.6. The minimum Gasteiger partial charge on any atom is -0.125 e. The molecule has 0 saturated heterocycles. The van der Waals surface area contributed by atoms with E-state index in [2.05, 4.69) is 39.5 Å². The lowest BCUT2D eigenvalue weighted by molar-refractivity contribution is 0.179. The van der Waals surface area contributed by atoms with Crippen LogP contribution in [-0.2, 0) is 0 Å². The van der Waals surface area contributed by atoms with Gasteiger partial charge in [0, 0.05) is 5.41 Å². The fourth-order valence-electron chi connectivity index (χ4n) is 3.88. The monoisotopic (exact) mass is 232 g/mol. The molecule has 2 fully saturated rings. The average molecular weight is 232 g/mol. The molecule has 0 radical (unpaired) electrons. The number of hydrogen-bond acceptors (Lipinski definition) is 0. The minimum absolute atomic E-state index is 0.443. The van der Waals surface area contributed by atoms with Crippen LogP contribution in [0.5, 0.6) is 0 Å². The molecule has 0 amide bonds. The van der Waals surface area contributed by atoms with Gasteiger partial charge in [0.25, 0.3) is 0 Å². The minimum atomic E-state index is 0.443. The molecule has 0 nitrogen and oxygen atoms in total. The Morgan fingerprint density at radius 2 is 2.06 bits per heavy atom. The summed E-state index contributed by atoms with van der Waals surface area (Å²) in [5, 5.41) is 0. The largest absolute Gasteiger partial charge is 0.125 e. The summed E-state index contributed by atoms with van der Waals surface area (Å²) in [4.78, 5) is 0. The third kappa shape index (κ3) is 2.02. The van der Waals surface area contributed by atoms with Gasteiger partial charge in [-0.25, -0.2) is 0 Å². The first-order valence-corrected chi connectivity index (χ1v) is 7.47.